The smallest absolute Gasteiger partial charge is 0.138 e. The number of aryl methyl sites for hydroxylation is 1. The third-order valence-electron chi connectivity index (χ3n) is 3.55. The van der Waals surface area contributed by atoms with Crippen molar-refractivity contribution in [3.8, 4) is 0 Å². The maximum absolute atomic E-state index is 4.49. The Kier molecular flexibility index (Phi) is 3.87. The monoisotopic (exact) mass is 282 g/mol. The molecular weight excluding hydrogens is 264 g/mol. The van der Waals surface area contributed by atoms with E-state index in [0.29, 0.717) is 0 Å². The van der Waals surface area contributed by atoms with Crippen LogP contribution in [0.15, 0.2) is 36.9 Å². The van der Waals surface area contributed by atoms with Crippen LogP contribution < -0.4 is 5.32 Å². The van der Waals surface area contributed by atoms with Crippen molar-refractivity contribution in [1.29, 1.82) is 0 Å². The molecule has 2 heterocycles. The highest BCUT2D eigenvalue weighted by molar-refractivity contribution is 5.78. The quantitative estimate of drug-likeness (QED) is 0.770. The summed E-state index contributed by atoms with van der Waals surface area (Å²) < 4.78 is 1.81. The van der Waals surface area contributed by atoms with Gasteiger partial charge in [0.05, 0.1) is 11.0 Å². The SMILES string of the molecule is CCNC(Cc1ncnn1C)c1cccc2nccnc12. The van der Waals surface area contributed by atoms with Gasteiger partial charge in [0, 0.05) is 31.9 Å². The van der Waals surface area contributed by atoms with Crippen LogP contribution in [0.4, 0.5) is 0 Å². The van der Waals surface area contributed by atoms with Gasteiger partial charge in [0.15, 0.2) is 0 Å². The lowest BCUT2D eigenvalue weighted by atomic mass is 10.0. The van der Waals surface area contributed by atoms with Gasteiger partial charge in [0.1, 0.15) is 12.2 Å². The number of likely N-dealkylation sites (N-methyl/N-ethyl adjacent to an activating group) is 1. The van der Waals surface area contributed by atoms with Crippen LogP contribution in [-0.4, -0.2) is 31.3 Å². The van der Waals surface area contributed by atoms with Crippen molar-refractivity contribution >= 4 is 11.0 Å². The van der Waals surface area contributed by atoms with Crippen molar-refractivity contribution in [3.63, 3.8) is 0 Å². The highest BCUT2D eigenvalue weighted by Gasteiger charge is 2.17. The fourth-order valence-corrected chi connectivity index (χ4v) is 2.52. The molecular formula is C15H18N6. The molecule has 0 spiro atoms. The predicted molar refractivity (Wildman–Crippen MR) is 80.7 cm³/mol. The van der Waals surface area contributed by atoms with E-state index >= 15 is 0 Å². The normalized spacial score (nSPS) is 12.7. The van der Waals surface area contributed by atoms with Gasteiger partial charge in [-0.25, -0.2) is 4.98 Å². The van der Waals surface area contributed by atoms with Gasteiger partial charge in [-0.2, -0.15) is 5.10 Å². The van der Waals surface area contributed by atoms with E-state index in [-0.39, 0.29) is 6.04 Å². The number of fused-ring (bicyclic) bond motifs is 1. The summed E-state index contributed by atoms with van der Waals surface area (Å²) in [4.78, 5) is 13.2. The number of rotatable bonds is 5. The number of nitrogens with zero attached hydrogens (tertiary/aromatic N) is 5. The van der Waals surface area contributed by atoms with Crippen LogP contribution in [0.2, 0.25) is 0 Å². The van der Waals surface area contributed by atoms with Crippen LogP contribution >= 0.6 is 0 Å². The standard InChI is InChI=1S/C15H18N6/c1-3-16-13(9-14-19-10-20-21(14)2)11-5-4-6-12-15(11)18-8-7-17-12/h4-8,10,13,16H,3,9H2,1-2H3. The summed E-state index contributed by atoms with van der Waals surface area (Å²) in [6.45, 7) is 2.97. The predicted octanol–water partition coefficient (Wildman–Crippen LogP) is 1.65. The zero-order valence-corrected chi connectivity index (χ0v) is 12.2. The zero-order chi connectivity index (χ0) is 14.7. The molecule has 108 valence electrons. The first-order chi connectivity index (χ1) is 10.3. The third-order valence-corrected chi connectivity index (χ3v) is 3.55. The molecule has 0 radical (unpaired) electrons. The lowest BCUT2D eigenvalue weighted by Crippen LogP contribution is -2.24. The topological polar surface area (TPSA) is 68.5 Å². The van der Waals surface area contributed by atoms with Crippen LogP contribution in [0.1, 0.15) is 24.4 Å². The maximum atomic E-state index is 4.49. The summed E-state index contributed by atoms with van der Waals surface area (Å²) in [6.07, 6.45) is 5.80. The average Bonchev–Trinajstić information content (AvgIpc) is 2.91. The molecule has 1 atom stereocenters. The van der Waals surface area contributed by atoms with Gasteiger partial charge < -0.3 is 5.32 Å². The summed E-state index contributed by atoms with van der Waals surface area (Å²) in [6, 6.07) is 6.24. The number of hydrogen-bond acceptors (Lipinski definition) is 5. The Morgan fingerprint density at radius 3 is 2.81 bits per heavy atom. The van der Waals surface area contributed by atoms with Gasteiger partial charge in [0.2, 0.25) is 0 Å². The molecule has 0 aliphatic rings. The van der Waals surface area contributed by atoms with E-state index in [2.05, 4.69) is 38.4 Å². The minimum atomic E-state index is 0.137. The van der Waals surface area contributed by atoms with Crippen molar-refractivity contribution in [2.75, 3.05) is 6.54 Å². The Bertz CT molecular complexity index is 730. The van der Waals surface area contributed by atoms with Gasteiger partial charge in [0.25, 0.3) is 0 Å². The fraction of sp³-hybridized carbons (Fsp3) is 0.333. The van der Waals surface area contributed by atoms with Crippen molar-refractivity contribution in [3.05, 3.63) is 48.3 Å². The maximum Gasteiger partial charge on any atom is 0.138 e. The molecule has 1 unspecified atom stereocenters. The van der Waals surface area contributed by atoms with Crippen LogP contribution in [0.25, 0.3) is 11.0 Å². The number of para-hydroxylation sites is 1. The molecule has 6 nitrogen and oxygen atoms in total. The molecule has 3 aromatic rings. The molecule has 0 saturated heterocycles. The number of benzene rings is 1. The molecule has 0 fully saturated rings. The molecule has 1 aromatic carbocycles. The van der Waals surface area contributed by atoms with Crippen LogP contribution in [0.5, 0.6) is 0 Å². The zero-order valence-electron chi connectivity index (χ0n) is 12.2. The second-order valence-electron chi connectivity index (χ2n) is 4.89. The number of hydrogen-bond donors (Lipinski definition) is 1. The van der Waals surface area contributed by atoms with E-state index in [4.69, 9.17) is 0 Å². The Hall–Kier alpha value is -2.34. The van der Waals surface area contributed by atoms with Crippen molar-refractivity contribution in [2.24, 2.45) is 7.05 Å². The molecule has 0 aliphatic heterocycles. The third kappa shape index (κ3) is 2.75. The summed E-state index contributed by atoms with van der Waals surface area (Å²) in [5.41, 5.74) is 2.99. The second-order valence-corrected chi connectivity index (χ2v) is 4.89. The Balaban J connectivity index is 2.01. The summed E-state index contributed by atoms with van der Waals surface area (Å²) in [7, 11) is 1.91. The van der Waals surface area contributed by atoms with E-state index in [1.807, 2.05) is 19.2 Å². The molecule has 21 heavy (non-hydrogen) atoms. The van der Waals surface area contributed by atoms with Crippen LogP contribution in [-0.2, 0) is 13.5 Å². The Labute approximate surface area is 123 Å². The minimum absolute atomic E-state index is 0.137. The molecule has 1 N–H and O–H groups in total. The molecule has 0 bridgehead atoms. The Morgan fingerprint density at radius 1 is 1.19 bits per heavy atom. The highest BCUT2D eigenvalue weighted by Crippen LogP contribution is 2.23. The largest absolute Gasteiger partial charge is 0.310 e. The minimum Gasteiger partial charge on any atom is -0.310 e. The van der Waals surface area contributed by atoms with Crippen molar-refractivity contribution in [1.82, 2.24) is 30.0 Å². The van der Waals surface area contributed by atoms with E-state index in [0.717, 1.165) is 35.4 Å². The lowest BCUT2D eigenvalue weighted by Gasteiger charge is -2.19. The Morgan fingerprint density at radius 2 is 2.05 bits per heavy atom. The van der Waals surface area contributed by atoms with Gasteiger partial charge in [-0.05, 0) is 18.2 Å². The molecule has 0 aliphatic carbocycles. The molecule has 6 heteroatoms. The lowest BCUT2D eigenvalue weighted by molar-refractivity contribution is 0.524. The second kappa shape index (κ2) is 5.97. The van der Waals surface area contributed by atoms with Crippen LogP contribution in [0, 0.1) is 0 Å². The molecule has 0 amide bonds. The van der Waals surface area contributed by atoms with Crippen molar-refractivity contribution in [2.45, 2.75) is 19.4 Å². The van der Waals surface area contributed by atoms with Gasteiger partial charge in [-0.15, -0.1) is 0 Å². The summed E-state index contributed by atoms with van der Waals surface area (Å²) in [5.74, 6) is 0.946. The first-order valence-corrected chi connectivity index (χ1v) is 7.05. The van der Waals surface area contributed by atoms with Crippen LogP contribution in [0.3, 0.4) is 0 Å². The average molecular weight is 282 g/mol. The summed E-state index contributed by atoms with van der Waals surface area (Å²) >= 11 is 0. The van der Waals surface area contributed by atoms with Crippen molar-refractivity contribution < 1.29 is 0 Å². The highest BCUT2D eigenvalue weighted by atomic mass is 15.3. The fourth-order valence-electron chi connectivity index (χ4n) is 2.52. The van der Waals surface area contributed by atoms with Gasteiger partial charge >= 0.3 is 0 Å². The van der Waals surface area contributed by atoms with E-state index in [9.17, 15) is 0 Å². The first-order valence-electron chi connectivity index (χ1n) is 7.05. The summed E-state index contributed by atoms with van der Waals surface area (Å²) in [5, 5.41) is 7.64. The van der Waals surface area contributed by atoms with E-state index in [1.165, 1.54) is 0 Å². The number of aromatic nitrogens is 5. The molecule has 3 rings (SSSR count). The van der Waals surface area contributed by atoms with Gasteiger partial charge in [-0.3, -0.25) is 14.6 Å². The number of nitrogens with one attached hydrogen (secondary N) is 1. The van der Waals surface area contributed by atoms with E-state index in [1.54, 1.807) is 23.4 Å². The van der Waals surface area contributed by atoms with E-state index < -0.39 is 0 Å². The first kappa shape index (κ1) is 13.6. The molecule has 2 aromatic heterocycles. The van der Waals surface area contributed by atoms with Gasteiger partial charge in [-0.1, -0.05) is 19.1 Å². The molecule has 0 saturated carbocycles.